The highest BCUT2D eigenvalue weighted by molar-refractivity contribution is 5.96. The van der Waals surface area contributed by atoms with Gasteiger partial charge in [0.2, 0.25) is 0 Å². The van der Waals surface area contributed by atoms with Gasteiger partial charge in [0, 0.05) is 18.5 Å². The Morgan fingerprint density at radius 3 is 2.86 bits per heavy atom. The number of carbonyl (C=O) groups excluding carboxylic acids is 1. The van der Waals surface area contributed by atoms with Crippen molar-refractivity contribution in [1.82, 2.24) is 4.90 Å². The number of rotatable bonds is 5. The summed E-state index contributed by atoms with van der Waals surface area (Å²) in [6, 6.07) is 4.78. The fraction of sp³-hybridized carbons (Fsp3) is 0.611. The maximum atomic E-state index is 13.5. The van der Waals surface area contributed by atoms with Crippen molar-refractivity contribution >= 4 is 5.78 Å². The standard InChI is InChI=1S/C18H26FNO/c1-3-15-5-4-10-20(11-8-15)12-9-18(21)16-7-6-14(2)17(19)13-16/h6-7,13,15H,3-5,8-12H2,1-2H3. The van der Waals surface area contributed by atoms with Crippen LogP contribution in [0, 0.1) is 18.7 Å². The van der Waals surface area contributed by atoms with Gasteiger partial charge in [-0.1, -0.05) is 25.5 Å². The third kappa shape index (κ3) is 4.63. The second-order valence-corrected chi connectivity index (χ2v) is 6.18. The van der Waals surface area contributed by atoms with Gasteiger partial charge in [-0.25, -0.2) is 4.39 Å². The van der Waals surface area contributed by atoms with Crippen LogP contribution in [0.3, 0.4) is 0 Å². The molecule has 0 bridgehead atoms. The van der Waals surface area contributed by atoms with Crippen LogP contribution in [0.4, 0.5) is 4.39 Å². The van der Waals surface area contributed by atoms with Crippen LogP contribution < -0.4 is 0 Å². The van der Waals surface area contributed by atoms with Crippen LogP contribution in [-0.4, -0.2) is 30.3 Å². The van der Waals surface area contributed by atoms with Crippen LogP contribution in [0.2, 0.25) is 0 Å². The second-order valence-electron chi connectivity index (χ2n) is 6.18. The maximum Gasteiger partial charge on any atom is 0.164 e. The van der Waals surface area contributed by atoms with E-state index >= 15 is 0 Å². The smallest absolute Gasteiger partial charge is 0.164 e. The van der Waals surface area contributed by atoms with Gasteiger partial charge in [-0.05, 0) is 56.8 Å². The zero-order valence-corrected chi connectivity index (χ0v) is 13.2. The first-order valence-corrected chi connectivity index (χ1v) is 8.12. The number of nitrogens with zero attached hydrogens (tertiary/aromatic N) is 1. The molecule has 1 atom stereocenters. The monoisotopic (exact) mass is 291 g/mol. The van der Waals surface area contributed by atoms with Gasteiger partial charge in [0.25, 0.3) is 0 Å². The average molecular weight is 291 g/mol. The van der Waals surface area contributed by atoms with E-state index in [2.05, 4.69) is 11.8 Å². The van der Waals surface area contributed by atoms with E-state index < -0.39 is 0 Å². The summed E-state index contributed by atoms with van der Waals surface area (Å²) in [4.78, 5) is 14.6. The molecule has 21 heavy (non-hydrogen) atoms. The summed E-state index contributed by atoms with van der Waals surface area (Å²) in [5.74, 6) is 0.600. The predicted molar refractivity (Wildman–Crippen MR) is 84.2 cm³/mol. The molecule has 1 aliphatic rings. The minimum Gasteiger partial charge on any atom is -0.303 e. The SMILES string of the molecule is CCC1CCCN(CCC(=O)c2ccc(C)c(F)c2)CC1. The fourth-order valence-electron chi connectivity index (χ4n) is 3.03. The van der Waals surface area contributed by atoms with E-state index in [-0.39, 0.29) is 11.6 Å². The number of aryl methyl sites for hydroxylation is 1. The zero-order chi connectivity index (χ0) is 15.2. The first kappa shape index (κ1) is 16.2. The summed E-state index contributed by atoms with van der Waals surface area (Å²) < 4.78 is 13.5. The van der Waals surface area contributed by atoms with Gasteiger partial charge in [0.15, 0.2) is 5.78 Å². The van der Waals surface area contributed by atoms with E-state index in [0.29, 0.717) is 17.5 Å². The highest BCUT2D eigenvalue weighted by Gasteiger charge is 2.17. The van der Waals surface area contributed by atoms with Crippen molar-refractivity contribution in [3.05, 3.63) is 35.1 Å². The Hall–Kier alpha value is -1.22. The number of carbonyl (C=O) groups is 1. The largest absolute Gasteiger partial charge is 0.303 e. The summed E-state index contributed by atoms with van der Waals surface area (Å²) in [7, 11) is 0. The molecule has 116 valence electrons. The minimum atomic E-state index is -0.290. The van der Waals surface area contributed by atoms with Crippen molar-refractivity contribution in [3.63, 3.8) is 0 Å². The Labute approximate surface area is 127 Å². The molecule has 0 aromatic heterocycles. The lowest BCUT2D eigenvalue weighted by Crippen LogP contribution is -2.27. The van der Waals surface area contributed by atoms with Gasteiger partial charge in [-0.15, -0.1) is 0 Å². The Balaban J connectivity index is 1.84. The van der Waals surface area contributed by atoms with E-state index in [0.717, 1.165) is 25.6 Å². The normalized spacial score (nSPS) is 20.2. The molecule has 3 heteroatoms. The molecule has 0 spiro atoms. The lowest BCUT2D eigenvalue weighted by Gasteiger charge is -2.19. The Morgan fingerprint density at radius 2 is 2.14 bits per heavy atom. The van der Waals surface area contributed by atoms with Crippen molar-refractivity contribution in [3.8, 4) is 0 Å². The molecule has 0 aliphatic carbocycles. The minimum absolute atomic E-state index is 0.0465. The zero-order valence-electron chi connectivity index (χ0n) is 13.2. The molecular weight excluding hydrogens is 265 g/mol. The third-order valence-corrected chi connectivity index (χ3v) is 4.67. The fourth-order valence-corrected chi connectivity index (χ4v) is 3.03. The van der Waals surface area contributed by atoms with Gasteiger partial charge in [-0.3, -0.25) is 4.79 Å². The van der Waals surface area contributed by atoms with Gasteiger partial charge in [0.05, 0.1) is 0 Å². The van der Waals surface area contributed by atoms with Crippen molar-refractivity contribution < 1.29 is 9.18 Å². The van der Waals surface area contributed by atoms with Crippen LogP contribution in [0.25, 0.3) is 0 Å². The highest BCUT2D eigenvalue weighted by Crippen LogP contribution is 2.20. The Morgan fingerprint density at radius 1 is 1.33 bits per heavy atom. The summed E-state index contributed by atoms with van der Waals surface area (Å²) in [6.07, 6.45) is 5.52. The molecule has 2 rings (SSSR count). The number of hydrogen-bond donors (Lipinski definition) is 0. The molecule has 1 saturated heterocycles. The number of likely N-dealkylation sites (tertiary alicyclic amines) is 1. The molecule has 0 radical (unpaired) electrons. The molecule has 1 fully saturated rings. The molecule has 1 aromatic rings. The van der Waals surface area contributed by atoms with Gasteiger partial charge in [0.1, 0.15) is 5.82 Å². The highest BCUT2D eigenvalue weighted by atomic mass is 19.1. The van der Waals surface area contributed by atoms with Crippen molar-refractivity contribution in [2.24, 2.45) is 5.92 Å². The van der Waals surface area contributed by atoms with Gasteiger partial charge < -0.3 is 4.90 Å². The molecule has 0 amide bonds. The van der Waals surface area contributed by atoms with Crippen LogP contribution in [0.1, 0.15) is 54.9 Å². The number of halogens is 1. The van der Waals surface area contributed by atoms with Gasteiger partial charge in [-0.2, -0.15) is 0 Å². The Kier molecular flexibility index (Phi) is 5.92. The number of hydrogen-bond acceptors (Lipinski definition) is 2. The molecule has 0 N–H and O–H groups in total. The van der Waals surface area contributed by atoms with E-state index in [4.69, 9.17) is 0 Å². The summed E-state index contributed by atoms with van der Waals surface area (Å²) >= 11 is 0. The maximum absolute atomic E-state index is 13.5. The summed E-state index contributed by atoms with van der Waals surface area (Å²) in [6.45, 7) is 6.95. The molecule has 2 nitrogen and oxygen atoms in total. The Bertz CT molecular complexity index is 486. The van der Waals surface area contributed by atoms with E-state index in [1.165, 1.54) is 31.7 Å². The van der Waals surface area contributed by atoms with Crippen LogP contribution in [0.15, 0.2) is 18.2 Å². The molecule has 1 aliphatic heterocycles. The number of ketones is 1. The third-order valence-electron chi connectivity index (χ3n) is 4.67. The number of Topliss-reactive ketones (excluding diaryl/α,β-unsaturated/α-hetero) is 1. The van der Waals surface area contributed by atoms with Crippen molar-refractivity contribution in [2.75, 3.05) is 19.6 Å². The average Bonchev–Trinajstić information content (AvgIpc) is 2.72. The molecule has 1 heterocycles. The second kappa shape index (κ2) is 7.69. The first-order valence-electron chi connectivity index (χ1n) is 8.12. The van der Waals surface area contributed by atoms with Crippen molar-refractivity contribution in [2.45, 2.75) is 46.0 Å². The predicted octanol–water partition coefficient (Wildman–Crippen LogP) is 4.22. The molecule has 0 saturated carbocycles. The topological polar surface area (TPSA) is 20.3 Å². The van der Waals surface area contributed by atoms with E-state index in [1.807, 2.05) is 0 Å². The summed E-state index contributed by atoms with van der Waals surface area (Å²) in [5, 5.41) is 0. The lowest BCUT2D eigenvalue weighted by atomic mass is 9.98. The van der Waals surface area contributed by atoms with Gasteiger partial charge >= 0.3 is 0 Å². The van der Waals surface area contributed by atoms with Crippen molar-refractivity contribution in [1.29, 1.82) is 0 Å². The first-order chi connectivity index (χ1) is 10.1. The quantitative estimate of drug-likeness (QED) is 0.757. The molecule has 1 unspecified atom stereocenters. The van der Waals surface area contributed by atoms with Crippen LogP contribution in [0.5, 0.6) is 0 Å². The lowest BCUT2D eigenvalue weighted by molar-refractivity contribution is 0.0964. The molecule has 1 aromatic carbocycles. The summed E-state index contributed by atoms with van der Waals surface area (Å²) in [5.41, 5.74) is 1.09. The van der Waals surface area contributed by atoms with Crippen LogP contribution in [-0.2, 0) is 0 Å². The van der Waals surface area contributed by atoms with Crippen LogP contribution >= 0.6 is 0 Å². The van der Waals surface area contributed by atoms with E-state index in [1.54, 1.807) is 19.1 Å². The van der Waals surface area contributed by atoms with E-state index in [9.17, 15) is 9.18 Å². The number of benzene rings is 1. The molecular formula is C18H26FNO.